The Morgan fingerprint density at radius 2 is 2.12 bits per heavy atom. The molecule has 1 fully saturated rings. The van der Waals surface area contributed by atoms with Crippen molar-refractivity contribution in [3.63, 3.8) is 0 Å². The van der Waals surface area contributed by atoms with Crippen LogP contribution in [0.1, 0.15) is 0 Å². The van der Waals surface area contributed by atoms with Crippen molar-refractivity contribution in [2.24, 2.45) is 0 Å². The van der Waals surface area contributed by atoms with Crippen molar-refractivity contribution in [2.75, 3.05) is 25.1 Å². The lowest BCUT2D eigenvalue weighted by molar-refractivity contribution is -0.142. The lowest BCUT2D eigenvalue weighted by atomic mass is 10.1. The molecule has 0 aliphatic carbocycles. The highest BCUT2D eigenvalue weighted by Gasteiger charge is 2.23. The fraction of sp³-hybridized carbons (Fsp3) is 0.235. The van der Waals surface area contributed by atoms with E-state index < -0.39 is 6.10 Å². The van der Waals surface area contributed by atoms with E-state index in [2.05, 4.69) is 15.3 Å². The van der Waals surface area contributed by atoms with Crippen molar-refractivity contribution < 1.29 is 14.3 Å². The molecule has 8 heteroatoms. The third-order valence-electron chi connectivity index (χ3n) is 3.82. The molecule has 0 radical (unpaired) electrons. The van der Waals surface area contributed by atoms with Crippen molar-refractivity contribution in [3.05, 3.63) is 41.8 Å². The molecule has 0 bridgehead atoms. The summed E-state index contributed by atoms with van der Waals surface area (Å²) in [6.07, 6.45) is 2.89. The Kier molecular flexibility index (Phi) is 4.63. The molecular weight excluding hydrogens is 362 g/mol. The molecule has 1 atom stereocenters. The van der Waals surface area contributed by atoms with Gasteiger partial charge in [0.05, 0.1) is 24.7 Å². The number of carbonyl (C=O) groups is 1. The van der Waals surface area contributed by atoms with Crippen LogP contribution < -0.4 is 5.32 Å². The van der Waals surface area contributed by atoms with Gasteiger partial charge in [0.2, 0.25) is 0 Å². The van der Waals surface area contributed by atoms with E-state index in [0.29, 0.717) is 23.5 Å². The number of fused-ring (bicyclic) bond motifs is 1. The third kappa shape index (κ3) is 3.64. The number of benzene rings is 1. The van der Waals surface area contributed by atoms with Crippen molar-refractivity contribution in [3.8, 4) is 10.4 Å². The number of carbonyl (C=O) groups excluding carboxylic acids is 1. The Morgan fingerprint density at radius 1 is 1.20 bits per heavy atom. The van der Waals surface area contributed by atoms with Gasteiger partial charge in [0.15, 0.2) is 11.2 Å². The Balaban J connectivity index is 1.53. The number of pyridine rings is 1. The number of nitrogens with one attached hydrogen (secondary N) is 1. The lowest BCUT2D eigenvalue weighted by Crippen LogP contribution is -2.39. The van der Waals surface area contributed by atoms with Gasteiger partial charge in [-0.3, -0.25) is 10.1 Å². The van der Waals surface area contributed by atoms with Gasteiger partial charge in [-0.1, -0.05) is 35.1 Å². The molecule has 3 aromatic rings. The van der Waals surface area contributed by atoms with Crippen LogP contribution in [-0.4, -0.2) is 41.8 Å². The molecule has 25 heavy (non-hydrogen) atoms. The molecule has 1 N–H and O–H groups in total. The maximum atomic E-state index is 12.2. The Bertz CT molecular complexity index is 924. The number of nitrogens with zero attached hydrogens (tertiary/aromatic N) is 2. The zero-order valence-corrected chi connectivity index (χ0v) is 14.6. The summed E-state index contributed by atoms with van der Waals surface area (Å²) in [5.41, 5.74) is 1.00. The molecule has 1 saturated heterocycles. The summed E-state index contributed by atoms with van der Waals surface area (Å²) in [7, 11) is 0. The number of halogens is 1. The minimum Gasteiger partial charge on any atom is -0.376 e. The lowest BCUT2D eigenvalue weighted by Gasteiger charge is -2.21. The van der Waals surface area contributed by atoms with E-state index in [-0.39, 0.29) is 12.5 Å². The van der Waals surface area contributed by atoms with E-state index in [1.807, 2.05) is 24.3 Å². The standard InChI is InChI=1S/C17H14ClN3O3S/c18-15-6-12-5-10(1-2-11(12)7-19-15)14-8-20-17(25-14)21-16(22)13-9-23-3-4-24-13/h1-2,5-8,13H,3-4,9H2,(H,20,21,22). The molecular formula is C17H14ClN3O3S. The quantitative estimate of drug-likeness (QED) is 0.710. The van der Waals surface area contributed by atoms with Crippen molar-refractivity contribution in [2.45, 2.75) is 6.10 Å². The fourth-order valence-electron chi connectivity index (χ4n) is 2.56. The first-order valence-corrected chi connectivity index (χ1v) is 8.90. The first-order chi connectivity index (χ1) is 12.2. The number of ether oxygens (including phenoxy) is 2. The molecule has 0 spiro atoms. The average Bonchev–Trinajstić information content (AvgIpc) is 3.10. The van der Waals surface area contributed by atoms with Gasteiger partial charge < -0.3 is 9.47 Å². The van der Waals surface area contributed by atoms with Crippen LogP contribution in [0, 0.1) is 0 Å². The molecule has 1 amide bonds. The van der Waals surface area contributed by atoms with E-state index >= 15 is 0 Å². The van der Waals surface area contributed by atoms with Gasteiger partial charge in [-0.15, -0.1) is 0 Å². The maximum Gasteiger partial charge on any atom is 0.257 e. The molecule has 1 aromatic carbocycles. The van der Waals surface area contributed by atoms with E-state index in [4.69, 9.17) is 21.1 Å². The number of hydrogen-bond donors (Lipinski definition) is 1. The number of thiazole rings is 1. The third-order valence-corrected chi connectivity index (χ3v) is 4.99. The minimum atomic E-state index is -0.587. The summed E-state index contributed by atoms with van der Waals surface area (Å²) in [5.74, 6) is -0.239. The molecule has 3 heterocycles. The van der Waals surface area contributed by atoms with Crippen LogP contribution in [0.5, 0.6) is 0 Å². The molecule has 128 valence electrons. The van der Waals surface area contributed by atoms with E-state index in [0.717, 1.165) is 21.2 Å². The molecule has 1 unspecified atom stereocenters. The van der Waals surface area contributed by atoms with Gasteiger partial charge in [-0.05, 0) is 23.1 Å². The molecule has 0 saturated carbocycles. The van der Waals surface area contributed by atoms with E-state index in [1.54, 1.807) is 12.4 Å². The second kappa shape index (κ2) is 7.05. The predicted molar refractivity (Wildman–Crippen MR) is 97.0 cm³/mol. The van der Waals surface area contributed by atoms with E-state index in [1.165, 1.54) is 11.3 Å². The number of aromatic nitrogens is 2. The first-order valence-electron chi connectivity index (χ1n) is 7.71. The number of anilines is 1. The minimum absolute atomic E-state index is 0.239. The van der Waals surface area contributed by atoms with Crippen molar-refractivity contribution in [1.82, 2.24) is 9.97 Å². The molecule has 2 aromatic heterocycles. The number of rotatable bonds is 3. The largest absolute Gasteiger partial charge is 0.376 e. The summed E-state index contributed by atoms with van der Waals surface area (Å²) in [5, 5.41) is 5.78. The zero-order valence-electron chi connectivity index (χ0n) is 13.1. The fourth-order valence-corrected chi connectivity index (χ4v) is 3.54. The second-order valence-electron chi connectivity index (χ2n) is 5.52. The number of amides is 1. The number of hydrogen-bond acceptors (Lipinski definition) is 6. The molecule has 1 aliphatic rings. The summed E-state index contributed by atoms with van der Waals surface area (Å²) in [6.45, 7) is 1.21. The Labute approximate surface area is 152 Å². The van der Waals surface area contributed by atoms with Gasteiger partial charge >= 0.3 is 0 Å². The van der Waals surface area contributed by atoms with Gasteiger partial charge in [0, 0.05) is 17.8 Å². The van der Waals surface area contributed by atoms with Gasteiger partial charge in [0.1, 0.15) is 5.15 Å². The van der Waals surface area contributed by atoms with Crippen LogP contribution in [0.3, 0.4) is 0 Å². The summed E-state index contributed by atoms with van der Waals surface area (Å²) in [4.78, 5) is 21.5. The van der Waals surface area contributed by atoms with Gasteiger partial charge in [-0.2, -0.15) is 0 Å². The molecule has 1 aliphatic heterocycles. The Morgan fingerprint density at radius 3 is 2.96 bits per heavy atom. The van der Waals surface area contributed by atoms with Crippen molar-refractivity contribution >= 4 is 44.7 Å². The average molecular weight is 376 g/mol. The van der Waals surface area contributed by atoms with Gasteiger partial charge in [0.25, 0.3) is 5.91 Å². The van der Waals surface area contributed by atoms with Crippen LogP contribution in [0.15, 0.2) is 36.7 Å². The maximum absolute atomic E-state index is 12.2. The highest BCUT2D eigenvalue weighted by Crippen LogP contribution is 2.31. The van der Waals surface area contributed by atoms with Crippen LogP contribution in [0.25, 0.3) is 21.2 Å². The molecule has 6 nitrogen and oxygen atoms in total. The SMILES string of the molecule is O=C(Nc1ncc(-c2ccc3cnc(Cl)cc3c2)s1)C1COCCO1. The summed E-state index contributed by atoms with van der Waals surface area (Å²) >= 11 is 7.36. The predicted octanol–water partition coefficient (Wildman–Crippen LogP) is 3.37. The van der Waals surface area contributed by atoms with Crippen LogP contribution in [0.2, 0.25) is 5.15 Å². The monoisotopic (exact) mass is 375 g/mol. The Hall–Kier alpha value is -2.06. The first kappa shape index (κ1) is 16.4. The molecule has 4 rings (SSSR count). The normalized spacial score (nSPS) is 17.6. The topological polar surface area (TPSA) is 73.3 Å². The zero-order chi connectivity index (χ0) is 17.2. The van der Waals surface area contributed by atoms with Crippen molar-refractivity contribution in [1.29, 1.82) is 0 Å². The van der Waals surface area contributed by atoms with Crippen LogP contribution >= 0.6 is 22.9 Å². The van der Waals surface area contributed by atoms with Crippen LogP contribution in [-0.2, 0) is 14.3 Å². The summed E-state index contributed by atoms with van der Waals surface area (Å²) in [6, 6.07) is 7.83. The highest BCUT2D eigenvalue weighted by molar-refractivity contribution is 7.19. The second-order valence-corrected chi connectivity index (χ2v) is 6.94. The van der Waals surface area contributed by atoms with Gasteiger partial charge in [-0.25, -0.2) is 9.97 Å². The van der Waals surface area contributed by atoms with E-state index in [9.17, 15) is 4.79 Å². The smallest absolute Gasteiger partial charge is 0.257 e. The van der Waals surface area contributed by atoms with Crippen LogP contribution in [0.4, 0.5) is 5.13 Å². The summed E-state index contributed by atoms with van der Waals surface area (Å²) < 4.78 is 10.6. The highest BCUT2D eigenvalue weighted by atomic mass is 35.5.